The molecule has 21 heavy (non-hydrogen) atoms. The number of aromatic amines is 1. The number of hydrogen-bond acceptors (Lipinski definition) is 5. The highest BCUT2D eigenvalue weighted by atomic mass is 32.2. The molecule has 0 spiro atoms. The third kappa shape index (κ3) is 3.10. The second kappa shape index (κ2) is 5.28. The maximum atomic E-state index is 12.1. The Morgan fingerprint density at radius 2 is 2.33 bits per heavy atom. The third-order valence-corrected chi connectivity index (χ3v) is 5.33. The van der Waals surface area contributed by atoms with Gasteiger partial charge >= 0.3 is 0 Å². The molecule has 1 fully saturated rings. The van der Waals surface area contributed by atoms with Gasteiger partial charge in [0, 0.05) is 17.7 Å². The van der Waals surface area contributed by atoms with Gasteiger partial charge in [0.1, 0.15) is 5.69 Å². The summed E-state index contributed by atoms with van der Waals surface area (Å²) < 4.78 is 11.8. The third-order valence-electron chi connectivity index (χ3n) is 3.34. The lowest BCUT2D eigenvalue weighted by Gasteiger charge is -2.06. The molecular formula is C13H15N5O2S. The summed E-state index contributed by atoms with van der Waals surface area (Å²) in [5, 5.41) is 9.31. The summed E-state index contributed by atoms with van der Waals surface area (Å²) in [7, 11) is -2.09. The Morgan fingerprint density at radius 1 is 1.48 bits per heavy atom. The molecule has 0 aromatic carbocycles. The summed E-state index contributed by atoms with van der Waals surface area (Å²) in [6.07, 6.45) is 2.24. The maximum Gasteiger partial charge on any atom is 0.249 e. The molecule has 3 heterocycles. The molecule has 0 bridgehead atoms. The van der Waals surface area contributed by atoms with Crippen molar-refractivity contribution in [3.63, 3.8) is 0 Å². The minimum Gasteiger partial charge on any atom is -0.293 e. The van der Waals surface area contributed by atoms with Crippen LogP contribution >= 0.6 is 0 Å². The van der Waals surface area contributed by atoms with Gasteiger partial charge in [-0.3, -0.25) is 24.4 Å². The number of rotatable bonds is 3. The number of anilines is 1. The Morgan fingerprint density at radius 3 is 3.00 bits per heavy atom. The van der Waals surface area contributed by atoms with Crippen LogP contribution in [0, 0.1) is 5.92 Å². The average Bonchev–Trinajstić information content (AvgIpc) is 3.06. The quantitative estimate of drug-likeness (QED) is 0.806. The molecule has 1 aliphatic rings. The molecule has 0 aliphatic carbocycles. The molecule has 2 aromatic rings. The first kappa shape index (κ1) is 13.7. The fourth-order valence-electron chi connectivity index (χ4n) is 2.24. The topological polar surface area (TPSA) is 101 Å². The minimum absolute atomic E-state index is 0.197. The van der Waals surface area contributed by atoms with Crippen LogP contribution in [-0.4, -0.2) is 47.7 Å². The van der Waals surface area contributed by atoms with Crippen molar-refractivity contribution in [2.24, 2.45) is 5.92 Å². The molecule has 0 radical (unpaired) electrons. The molecule has 1 aliphatic heterocycles. The molecule has 1 amide bonds. The normalized spacial score (nSPS) is 24.9. The fourth-order valence-corrected chi connectivity index (χ4v) is 4.18. The van der Waals surface area contributed by atoms with Crippen molar-refractivity contribution < 1.29 is 9.00 Å². The highest BCUT2D eigenvalue weighted by molar-refractivity contribution is 8.00. The number of nitrogens with zero attached hydrogens (tertiary/aromatic N) is 3. The Bertz CT molecular complexity index is 754. The summed E-state index contributed by atoms with van der Waals surface area (Å²) >= 11 is 0. The number of carbonyl (C=O) groups is 1. The molecule has 7 nitrogen and oxygen atoms in total. The zero-order chi connectivity index (χ0) is 14.9. The Kier molecular flexibility index (Phi) is 3.46. The number of H-pyrrole nitrogens is 1. The summed E-state index contributed by atoms with van der Waals surface area (Å²) in [6, 6.07) is 5.44. The van der Waals surface area contributed by atoms with Crippen LogP contribution in [0.2, 0.25) is 0 Å². The van der Waals surface area contributed by atoms with Gasteiger partial charge in [-0.05, 0) is 33.9 Å². The lowest BCUT2D eigenvalue weighted by molar-refractivity contribution is -0.119. The smallest absolute Gasteiger partial charge is 0.249 e. The van der Waals surface area contributed by atoms with Gasteiger partial charge < -0.3 is 0 Å². The van der Waals surface area contributed by atoms with E-state index in [1.807, 2.05) is 6.07 Å². The molecule has 110 valence electrons. The molecule has 2 atom stereocenters. The summed E-state index contributed by atoms with van der Waals surface area (Å²) in [5.41, 5.74) is 0.646. The van der Waals surface area contributed by atoms with Crippen LogP contribution in [0.15, 0.2) is 24.4 Å². The highest BCUT2D eigenvalue weighted by Crippen LogP contribution is 2.20. The molecule has 2 unspecified atom stereocenters. The number of pyridine rings is 1. The summed E-state index contributed by atoms with van der Waals surface area (Å²) in [6.45, 7) is 0. The Balaban J connectivity index is 1.69. The number of carbonyl (C=O) groups excluding carboxylic acids is 1. The number of nitrogens with one attached hydrogen (secondary N) is 2. The molecule has 8 heteroatoms. The van der Waals surface area contributed by atoms with Gasteiger partial charge in [0.05, 0.1) is 5.92 Å². The van der Waals surface area contributed by atoms with E-state index < -0.39 is 9.52 Å². The maximum absolute atomic E-state index is 12.1. The second-order valence-corrected chi connectivity index (χ2v) is 7.71. The SMILES string of the molecule is C=S1(=O)CCC(C(=O)Nc2n[nH]c(-c3ccccn3)n2)C1. The number of aromatic nitrogens is 4. The first-order valence-electron chi connectivity index (χ1n) is 6.51. The van der Waals surface area contributed by atoms with Crippen LogP contribution < -0.4 is 5.32 Å². The van der Waals surface area contributed by atoms with Crippen molar-refractivity contribution in [1.82, 2.24) is 20.2 Å². The van der Waals surface area contributed by atoms with Crippen LogP contribution in [0.5, 0.6) is 0 Å². The van der Waals surface area contributed by atoms with Crippen molar-refractivity contribution in [3.05, 3.63) is 24.4 Å². The molecule has 3 rings (SSSR count). The largest absolute Gasteiger partial charge is 0.293 e. The summed E-state index contributed by atoms with van der Waals surface area (Å²) in [4.78, 5) is 20.4. The van der Waals surface area contributed by atoms with Gasteiger partial charge in [-0.25, -0.2) is 0 Å². The van der Waals surface area contributed by atoms with E-state index in [-0.39, 0.29) is 17.8 Å². The van der Waals surface area contributed by atoms with Crippen molar-refractivity contribution in [2.75, 3.05) is 16.8 Å². The standard InChI is InChI=1S/C13H15N5O2S/c1-21(20)7-5-9(8-21)12(19)16-13-15-11(17-18-13)10-4-2-3-6-14-10/h2-4,6,9H,1,5,7-8H2,(H2,15,16,17,18,19). The monoisotopic (exact) mass is 305 g/mol. The predicted molar refractivity (Wildman–Crippen MR) is 81.3 cm³/mol. The van der Waals surface area contributed by atoms with Gasteiger partial charge in [-0.15, -0.1) is 5.10 Å². The van der Waals surface area contributed by atoms with Crippen molar-refractivity contribution in [1.29, 1.82) is 0 Å². The zero-order valence-electron chi connectivity index (χ0n) is 11.3. The van der Waals surface area contributed by atoms with Crippen molar-refractivity contribution in [3.8, 4) is 11.5 Å². The second-order valence-electron chi connectivity index (χ2n) is 5.03. The first-order chi connectivity index (χ1) is 10.0. The number of amides is 1. The van der Waals surface area contributed by atoms with Gasteiger partial charge in [0.15, 0.2) is 5.82 Å². The molecule has 2 N–H and O–H groups in total. The van der Waals surface area contributed by atoms with Gasteiger partial charge in [-0.2, -0.15) is 4.98 Å². The Hall–Kier alpha value is -2.22. The van der Waals surface area contributed by atoms with Crippen LogP contribution in [0.1, 0.15) is 6.42 Å². The zero-order valence-corrected chi connectivity index (χ0v) is 12.1. The van der Waals surface area contributed by atoms with E-state index in [0.717, 1.165) is 0 Å². The predicted octanol–water partition coefficient (Wildman–Crippen LogP) is 0.541. The number of hydrogen-bond donors (Lipinski definition) is 2. The highest BCUT2D eigenvalue weighted by Gasteiger charge is 2.29. The minimum atomic E-state index is -2.09. The summed E-state index contributed by atoms with van der Waals surface area (Å²) in [5.74, 6) is 4.67. The van der Waals surface area contributed by atoms with Crippen molar-refractivity contribution in [2.45, 2.75) is 6.42 Å². The Labute approximate surface area is 122 Å². The van der Waals surface area contributed by atoms with Gasteiger partial charge in [0.25, 0.3) is 0 Å². The van der Waals surface area contributed by atoms with Crippen LogP contribution in [0.3, 0.4) is 0 Å². The lowest BCUT2D eigenvalue weighted by atomic mass is 10.1. The first-order valence-corrected chi connectivity index (χ1v) is 8.57. The van der Waals surface area contributed by atoms with Gasteiger partial charge in [0.2, 0.25) is 11.9 Å². The molecule has 0 saturated carbocycles. The van der Waals surface area contributed by atoms with Crippen LogP contribution in [0.25, 0.3) is 11.5 Å². The van der Waals surface area contributed by atoms with Gasteiger partial charge in [-0.1, -0.05) is 6.07 Å². The average molecular weight is 305 g/mol. The molecule has 1 saturated heterocycles. The van der Waals surface area contributed by atoms with Crippen LogP contribution in [-0.2, 0) is 14.3 Å². The van der Waals surface area contributed by atoms with E-state index in [1.165, 1.54) is 0 Å². The van der Waals surface area contributed by atoms with E-state index in [2.05, 4.69) is 31.4 Å². The molecule has 2 aromatic heterocycles. The van der Waals surface area contributed by atoms with Crippen LogP contribution in [0.4, 0.5) is 5.95 Å². The van der Waals surface area contributed by atoms with E-state index in [4.69, 9.17) is 0 Å². The van der Waals surface area contributed by atoms with E-state index in [1.54, 1.807) is 18.3 Å². The van der Waals surface area contributed by atoms with Crippen molar-refractivity contribution >= 4 is 27.2 Å². The van der Waals surface area contributed by atoms with E-state index in [9.17, 15) is 9.00 Å². The van der Waals surface area contributed by atoms with E-state index >= 15 is 0 Å². The molecular weight excluding hydrogens is 290 g/mol. The lowest BCUT2D eigenvalue weighted by Crippen LogP contribution is -2.24. The van der Waals surface area contributed by atoms with E-state index in [0.29, 0.717) is 29.4 Å². The fraction of sp³-hybridized carbons (Fsp3) is 0.308.